The summed E-state index contributed by atoms with van der Waals surface area (Å²) < 4.78 is 13.3. The summed E-state index contributed by atoms with van der Waals surface area (Å²) in [5, 5.41) is 12.4. The molecule has 3 rings (SSSR count). The van der Waals surface area contributed by atoms with Crippen LogP contribution in [0.15, 0.2) is 58.6 Å². The molecule has 7 nitrogen and oxygen atoms in total. The van der Waals surface area contributed by atoms with Crippen molar-refractivity contribution in [2.24, 2.45) is 0 Å². The molecule has 0 aliphatic carbocycles. The van der Waals surface area contributed by atoms with Crippen LogP contribution in [0.4, 0.5) is 5.69 Å². The average molecular weight is 473 g/mol. The van der Waals surface area contributed by atoms with Gasteiger partial charge in [0.15, 0.2) is 17.1 Å². The number of ether oxygens (including phenoxy) is 2. The van der Waals surface area contributed by atoms with Crippen LogP contribution in [0.3, 0.4) is 0 Å². The smallest absolute Gasteiger partial charge is 0.234 e. The molecule has 1 atom stereocenters. The van der Waals surface area contributed by atoms with Crippen molar-refractivity contribution >= 4 is 35.1 Å². The van der Waals surface area contributed by atoms with E-state index in [-0.39, 0.29) is 23.8 Å². The lowest BCUT2D eigenvalue weighted by atomic mass is 10.3. The molecule has 0 radical (unpaired) electrons. The topological polar surface area (TPSA) is 78.3 Å². The van der Waals surface area contributed by atoms with E-state index in [1.807, 2.05) is 66.3 Å². The van der Waals surface area contributed by atoms with Gasteiger partial charge in [0.25, 0.3) is 0 Å². The first-order valence-corrected chi connectivity index (χ1v) is 12.4. The zero-order chi connectivity index (χ0) is 23.1. The predicted molar refractivity (Wildman–Crippen MR) is 130 cm³/mol. The SMILES string of the molecule is COc1ccc(OC(C)c2nnc(SCC(=O)Nc3ccccc3SC)n2C(C)C)cc1. The average Bonchev–Trinajstić information content (AvgIpc) is 3.23. The van der Waals surface area contributed by atoms with Crippen LogP contribution in [0.1, 0.15) is 38.7 Å². The molecular weight excluding hydrogens is 444 g/mol. The van der Waals surface area contributed by atoms with E-state index in [1.54, 1.807) is 18.9 Å². The summed E-state index contributed by atoms with van der Waals surface area (Å²) in [5.74, 6) is 2.36. The molecule has 0 saturated carbocycles. The van der Waals surface area contributed by atoms with Crippen LogP contribution in [-0.4, -0.2) is 39.8 Å². The fourth-order valence-corrected chi connectivity index (χ4v) is 4.55. The van der Waals surface area contributed by atoms with Gasteiger partial charge in [-0.05, 0) is 63.4 Å². The van der Waals surface area contributed by atoms with Gasteiger partial charge in [-0.25, -0.2) is 0 Å². The van der Waals surface area contributed by atoms with Crippen LogP contribution in [0.25, 0.3) is 0 Å². The molecule has 0 fully saturated rings. The van der Waals surface area contributed by atoms with Gasteiger partial charge in [-0.3, -0.25) is 4.79 Å². The molecule has 3 aromatic rings. The van der Waals surface area contributed by atoms with Crippen molar-refractivity contribution in [3.63, 3.8) is 0 Å². The van der Waals surface area contributed by atoms with E-state index in [9.17, 15) is 4.79 Å². The first-order valence-electron chi connectivity index (χ1n) is 10.2. The second kappa shape index (κ2) is 11.3. The summed E-state index contributed by atoms with van der Waals surface area (Å²) in [6.45, 7) is 6.06. The maximum atomic E-state index is 12.5. The quantitative estimate of drug-likeness (QED) is 0.393. The Labute approximate surface area is 197 Å². The summed E-state index contributed by atoms with van der Waals surface area (Å²) in [4.78, 5) is 13.6. The highest BCUT2D eigenvalue weighted by Crippen LogP contribution is 2.29. The standard InChI is InChI=1S/C23H28N4O3S2/c1-15(2)27-22(16(3)30-18-12-10-17(29-4)11-13-18)25-26-23(27)32-14-21(28)24-19-8-6-7-9-20(19)31-5/h6-13,15-16H,14H2,1-5H3,(H,24,28). The van der Waals surface area contributed by atoms with E-state index in [1.165, 1.54) is 11.8 Å². The van der Waals surface area contributed by atoms with Crippen LogP contribution >= 0.6 is 23.5 Å². The number of rotatable bonds is 10. The third-order valence-electron chi connectivity index (χ3n) is 4.66. The number of carbonyl (C=O) groups is 1. The van der Waals surface area contributed by atoms with E-state index in [4.69, 9.17) is 9.47 Å². The van der Waals surface area contributed by atoms with Crippen molar-refractivity contribution in [2.75, 3.05) is 24.4 Å². The molecule has 9 heteroatoms. The lowest BCUT2D eigenvalue weighted by Gasteiger charge is -2.19. The molecule has 1 amide bonds. The van der Waals surface area contributed by atoms with Crippen molar-refractivity contribution in [1.82, 2.24) is 14.8 Å². The molecule has 2 aromatic carbocycles. The monoisotopic (exact) mass is 472 g/mol. The number of carbonyl (C=O) groups excluding carboxylic acids is 1. The fourth-order valence-electron chi connectivity index (χ4n) is 3.12. The summed E-state index contributed by atoms with van der Waals surface area (Å²) >= 11 is 2.96. The molecule has 1 N–H and O–H groups in total. The maximum absolute atomic E-state index is 12.5. The molecule has 32 heavy (non-hydrogen) atoms. The van der Waals surface area contributed by atoms with Gasteiger partial charge < -0.3 is 19.4 Å². The number of nitrogens with one attached hydrogen (secondary N) is 1. The van der Waals surface area contributed by atoms with Crippen LogP contribution in [0, 0.1) is 0 Å². The van der Waals surface area contributed by atoms with Crippen LogP contribution in [-0.2, 0) is 4.79 Å². The highest BCUT2D eigenvalue weighted by molar-refractivity contribution is 7.99. The molecule has 1 aromatic heterocycles. The number of nitrogens with zero attached hydrogens (tertiary/aromatic N) is 3. The van der Waals surface area contributed by atoms with Gasteiger partial charge in [-0.1, -0.05) is 23.9 Å². The van der Waals surface area contributed by atoms with E-state index >= 15 is 0 Å². The van der Waals surface area contributed by atoms with E-state index < -0.39 is 0 Å². The molecule has 170 valence electrons. The first-order chi connectivity index (χ1) is 15.4. The number of para-hydroxylation sites is 1. The zero-order valence-corrected chi connectivity index (χ0v) is 20.5. The first kappa shape index (κ1) is 24.0. The zero-order valence-electron chi connectivity index (χ0n) is 18.9. The third kappa shape index (κ3) is 5.98. The number of benzene rings is 2. The second-order valence-electron chi connectivity index (χ2n) is 7.28. The summed E-state index contributed by atoms with van der Waals surface area (Å²) in [5.41, 5.74) is 0.818. The Morgan fingerprint density at radius 2 is 1.75 bits per heavy atom. The molecule has 0 aliphatic rings. The second-order valence-corrected chi connectivity index (χ2v) is 9.07. The lowest BCUT2D eigenvalue weighted by Crippen LogP contribution is -2.17. The van der Waals surface area contributed by atoms with Crippen molar-refractivity contribution < 1.29 is 14.3 Å². The number of hydrogen-bond donors (Lipinski definition) is 1. The Bertz CT molecular complexity index is 1040. The van der Waals surface area contributed by atoms with E-state index in [0.29, 0.717) is 11.0 Å². The maximum Gasteiger partial charge on any atom is 0.234 e. The largest absolute Gasteiger partial charge is 0.497 e. The lowest BCUT2D eigenvalue weighted by molar-refractivity contribution is -0.113. The molecule has 0 saturated heterocycles. The number of thioether (sulfide) groups is 2. The van der Waals surface area contributed by atoms with Gasteiger partial charge >= 0.3 is 0 Å². The minimum absolute atomic E-state index is 0.0844. The molecule has 0 bridgehead atoms. The molecule has 1 unspecified atom stereocenters. The fraction of sp³-hybridized carbons (Fsp3) is 0.348. The van der Waals surface area contributed by atoms with Gasteiger partial charge in [0.2, 0.25) is 5.91 Å². The highest BCUT2D eigenvalue weighted by Gasteiger charge is 2.22. The van der Waals surface area contributed by atoms with Gasteiger partial charge in [0.1, 0.15) is 11.5 Å². The third-order valence-corrected chi connectivity index (χ3v) is 6.40. The van der Waals surface area contributed by atoms with Gasteiger partial charge in [0, 0.05) is 10.9 Å². The van der Waals surface area contributed by atoms with Crippen LogP contribution < -0.4 is 14.8 Å². The van der Waals surface area contributed by atoms with Gasteiger partial charge in [-0.15, -0.1) is 22.0 Å². The summed E-state index contributed by atoms with van der Waals surface area (Å²) in [7, 11) is 1.63. The minimum atomic E-state index is -0.310. The normalized spacial score (nSPS) is 11.9. The Balaban J connectivity index is 1.67. The Hall–Kier alpha value is -2.65. The van der Waals surface area contributed by atoms with Gasteiger partial charge in [0.05, 0.1) is 18.6 Å². The number of amides is 1. The van der Waals surface area contributed by atoms with Crippen LogP contribution in [0.2, 0.25) is 0 Å². The minimum Gasteiger partial charge on any atom is -0.497 e. The van der Waals surface area contributed by atoms with Crippen molar-refractivity contribution in [3.05, 3.63) is 54.4 Å². The Morgan fingerprint density at radius 1 is 1.06 bits per heavy atom. The summed E-state index contributed by atoms with van der Waals surface area (Å²) in [6, 6.07) is 15.3. The number of hydrogen-bond acceptors (Lipinski definition) is 7. The highest BCUT2D eigenvalue weighted by atomic mass is 32.2. The summed E-state index contributed by atoms with van der Waals surface area (Å²) in [6.07, 6.45) is 1.68. The molecule has 1 heterocycles. The van der Waals surface area contributed by atoms with Crippen LogP contribution in [0.5, 0.6) is 11.5 Å². The Kier molecular flexibility index (Phi) is 8.46. The van der Waals surface area contributed by atoms with E-state index in [0.717, 1.165) is 22.1 Å². The van der Waals surface area contributed by atoms with Gasteiger partial charge in [-0.2, -0.15) is 0 Å². The number of aromatic nitrogens is 3. The molecule has 0 spiro atoms. The van der Waals surface area contributed by atoms with E-state index in [2.05, 4.69) is 29.4 Å². The van der Waals surface area contributed by atoms with Crippen molar-refractivity contribution in [3.8, 4) is 11.5 Å². The molecular formula is C23H28N4O3S2. The Morgan fingerprint density at radius 3 is 2.41 bits per heavy atom. The van der Waals surface area contributed by atoms with Crippen molar-refractivity contribution in [2.45, 2.75) is 43.0 Å². The van der Waals surface area contributed by atoms with Crippen molar-refractivity contribution in [1.29, 1.82) is 0 Å². The predicted octanol–water partition coefficient (Wildman–Crippen LogP) is 5.46. The molecule has 0 aliphatic heterocycles. The number of anilines is 1. The number of methoxy groups -OCH3 is 1.